The molecule has 0 unspecified atom stereocenters. The number of nitrogens with one attached hydrogen (secondary N) is 2. The Morgan fingerprint density at radius 3 is 2.54 bits per heavy atom. The third-order valence-corrected chi connectivity index (χ3v) is 7.10. The van der Waals surface area contributed by atoms with Crippen molar-refractivity contribution in [3.8, 4) is 17.0 Å². The lowest BCUT2D eigenvalue weighted by molar-refractivity contribution is 0.101. The minimum atomic E-state index is -0.289. The van der Waals surface area contributed by atoms with E-state index in [0.717, 1.165) is 42.5 Å². The van der Waals surface area contributed by atoms with Gasteiger partial charge in [0.25, 0.3) is 5.91 Å². The quantitative estimate of drug-likeness (QED) is 0.324. The molecule has 8 heteroatoms. The number of benzene rings is 2. The molecule has 0 aliphatic heterocycles. The average Bonchev–Trinajstić information content (AvgIpc) is 3.64. The molecule has 4 aromatic rings. The highest BCUT2D eigenvalue weighted by Crippen LogP contribution is 2.38. The molecular formula is C29H31N5O3. The second-order valence-electron chi connectivity index (χ2n) is 9.62. The van der Waals surface area contributed by atoms with Gasteiger partial charge in [0.05, 0.1) is 11.4 Å². The van der Waals surface area contributed by atoms with Gasteiger partial charge in [-0.2, -0.15) is 9.78 Å². The van der Waals surface area contributed by atoms with Crippen LogP contribution in [0.2, 0.25) is 0 Å². The molecule has 8 nitrogen and oxygen atoms in total. The summed E-state index contributed by atoms with van der Waals surface area (Å²) in [4.78, 5) is 25.8. The van der Waals surface area contributed by atoms with Gasteiger partial charge in [-0.3, -0.25) is 4.79 Å². The molecule has 5 rings (SSSR count). The van der Waals surface area contributed by atoms with Gasteiger partial charge in [-0.05, 0) is 61.2 Å². The molecule has 190 valence electrons. The van der Waals surface area contributed by atoms with Gasteiger partial charge in [0.1, 0.15) is 11.4 Å². The normalized spacial score (nSPS) is 13.6. The first kappa shape index (κ1) is 24.4. The summed E-state index contributed by atoms with van der Waals surface area (Å²) in [5.41, 5.74) is 5.03. The van der Waals surface area contributed by atoms with E-state index >= 15 is 0 Å². The van der Waals surface area contributed by atoms with Gasteiger partial charge >= 0.3 is 6.03 Å². The molecule has 2 aromatic heterocycles. The van der Waals surface area contributed by atoms with Gasteiger partial charge in [0.2, 0.25) is 0 Å². The zero-order chi connectivity index (χ0) is 25.9. The van der Waals surface area contributed by atoms with Crippen molar-refractivity contribution in [1.29, 1.82) is 0 Å². The Kier molecular flexibility index (Phi) is 6.81. The van der Waals surface area contributed by atoms with Gasteiger partial charge in [0, 0.05) is 43.0 Å². The van der Waals surface area contributed by atoms with Crippen molar-refractivity contribution in [2.45, 2.75) is 45.1 Å². The number of anilines is 1. The molecule has 1 aliphatic carbocycles. The first-order valence-corrected chi connectivity index (χ1v) is 12.6. The Labute approximate surface area is 215 Å². The van der Waals surface area contributed by atoms with Crippen LogP contribution in [0.15, 0.2) is 66.9 Å². The smallest absolute Gasteiger partial charge is 0.342 e. The molecule has 0 saturated heterocycles. The highest BCUT2D eigenvalue weighted by Gasteiger charge is 2.26. The minimum Gasteiger partial charge on any atom is -0.507 e. The van der Waals surface area contributed by atoms with E-state index in [2.05, 4.69) is 15.7 Å². The van der Waals surface area contributed by atoms with E-state index in [4.69, 9.17) is 0 Å². The number of aromatic hydroxyl groups is 1. The molecule has 2 amide bonds. The fourth-order valence-electron chi connectivity index (χ4n) is 4.97. The highest BCUT2D eigenvalue weighted by atomic mass is 16.3. The van der Waals surface area contributed by atoms with Gasteiger partial charge in [-0.15, -0.1) is 0 Å². The summed E-state index contributed by atoms with van der Waals surface area (Å²) in [5.74, 6) is -0.0400. The molecule has 1 aliphatic rings. The number of phenolic OH excluding ortho intramolecular Hbond substituents is 1. The Hall–Kier alpha value is -4.33. The zero-order valence-corrected chi connectivity index (χ0v) is 21.1. The van der Waals surface area contributed by atoms with Crippen LogP contribution < -0.4 is 10.6 Å². The maximum atomic E-state index is 13.2. The van der Waals surface area contributed by atoms with Crippen molar-refractivity contribution in [1.82, 2.24) is 19.7 Å². The lowest BCUT2D eigenvalue weighted by Crippen LogP contribution is -2.31. The van der Waals surface area contributed by atoms with Crippen LogP contribution in [-0.4, -0.2) is 31.4 Å². The maximum Gasteiger partial charge on any atom is 0.342 e. The molecule has 1 saturated carbocycles. The molecule has 3 N–H and O–H groups in total. The average molecular weight is 498 g/mol. The molecule has 37 heavy (non-hydrogen) atoms. The predicted octanol–water partition coefficient (Wildman–Crippen LogP) is 5.57. The number of aromatic nitrogens is 3. The number of hydrogen-bond acceptors (Lipinski definition) is 4. The van der Waals surface area contributed by atoms with Crippen molar-refractivity contribution in [3.63, 3.8) is 0 Å². The van der Waals surface area contributed by atoms with E-state index in [-0.39, 0.29) is 23.6 Å². The summed E-state index contributed by atoms with van der Waals surface area (Å²) in [6.07, 6.45) is 6.05. The monoisotopic (exact) mass is 497 g/mol. The van der Waals surface area contributed by atoms with Crippen molar-refractivity contribution >= 4 is 17.6 Å². The summed E-state index contributed by atoms with van der Waals surface area (Å²) < 4.78 is 3.18. The fraction of sp³-hybridized carbons (Fsp3) is 0.276. The largest absolute Gasteiger partial charge is 0.507 e. The molecule has 0 atom stereocenters. The number of nitrogens with zero attached hydrogens (tertiary/aromatic N) is 3. The fourth-order valence-corrected chi connectivity index (χ4v) is 4.97. The summed E-state index contributed by atoms with van der Waals surface area (Å²) >= 11 is 0. The standard InChI is InChI=1S/C29H31N5O3/c1-19-8-3-4-11-21(19)18-30-29(37)34-26(20-9-5-6-10-20)17-24(32-34)23-14-13-22(16-27(23)35)31-28(36)25-12-7-15-33(25)2/h3-4,7-8,11-17,20,35H,5-6,9-10,18H2,1-2H3,(H,30,37)(H,31,36). The molecule has 0 radical (unpaired) electrons. The van der Waals surface area contributed by atoms with Crippen LogP contribution in [0, 0.1) is 6.92 Å². The number of phenols is 1. The van der Waals surface area contributed by atoms with Crippen LogP contribution in [-0.2, 0) is 13.6 Å². The maximum absolute atomic E-state index is 13.2. The number of carbonyl (C=O) groups is 2. The number of rotatable bonds is 6. The van der Waals surface area contributed by atoms with E-state index in [0.29, 0.717) is 29.2 Å². The number of aryl methyl sites for hydroxylation is 2. The van der Waals surface area contributed by atoms with Gasteiger partial charge in [-0.1, -0.05) is 37.1 Å². The molecule has 0 bridgehead atoms. The summed E-state index contributed by atoms with van der Waals surface area (Å²) in [6.45, 7) is 2.43. The van der Waals surface area contributed by atoms with Crippen LogP contribution in [0.25, 0.3) is 11.3 Å². The number of carbonyl (C=O) groups excluding carboxylic acids is 2. The molecule has 2 heterocycles. The Morgan fingerprint density at radius 2 is 1.84 bits per heavy atom. The molecule has 2 aromatic carbocycles. The van der Waals surface area contributed by atoms with E-state index in [1.54, 1.807) is 42.1 Å². The first-order valence-electron chi connectivity index (χ1n) is 12.6. The zero-order valence-electron chi connectivity index (χ0n) is 21.1. The molecule has 1 fully saturated rings. The Morgan fingerprint density at radius 1 is 1.05 bits per heavy atom. The van der Waals surface area contributed by atoms with E-state index in [1.165, 1.54) is 10.7 Å². The molecule has 0 spiro atoms. The Bertz CT molecular complexity index is 1450. The lowest BCUT2D eigenvalue weighted by Gasteiger charge is -2.13. The number of hydrogen-bond donors (Lipinski definition) is 3. The van der Waals surface area contributed by atoms with Gasteiger partial charge in [-0.25, -0.2) is 4.79 Å². The SMILES string of the molecule is Cc1ccccc1CNC(=O)n1nc(-c2ccc(NC(=O)c3cccn3C)cc2O)cc1C1CCCC1. The first-order chi connectivity index (χ1) is 17.9. The van der Waals surface area contributed by atoms with Crippen LogP contribution in [0.4, 0.5) is 10.5 Å². The summed E-state index contributed by atoms with van der Waals surface area (Å²) in [7, 11) is 1.80. The summed E-state index contributed by atoms with van der Waals surface area (Å²) in [6, 6.07) is 18.0. The van der Waals surface area contributed by atoms with E-state index in [9.17, 15) is 14.7 Å². The van der Waals surface area contributed by atoms with Gasteiger partial charge < -0.3 is 20.3 Å². The second-order valence-corrected chi connectivity index (χ2v) is 9.62. The van der Waals surface area contributed by atoms with Crippen LogP contribution in [0.3, 0.4) is 0 Å². The van der Waals surface area contributed by atoms with Crippen LogP contribution in [0.1, 0.15) is 58.9 Å². The van der Waals surface area contributed by atoms with Crippen molar-refractivity contribution in [2.75, 3.05) is 5.32 Å². The van der Waals surface area contributed by atoms with Crippen LogP contribution >= 0.6 is 0 Å². The second kappa shape index (κ2) is 10.3. The highest BCUT2D eigenvalue weighted by molar-refractivity contribution is 6.03. The van der Waals surface area contributed by atoms with Crippen molar-refractivity contribution < 1.29 is 14.7 Å². The van der Waals surface area contributed by atoms with E-state index < -0.39 is 0 Å². The molecular weight excluding hydrogens is 466 g/mol. The topological polar surface area (TPSA) is 101 Å². The Balaban J connectivity index is 1.39. The predicted molar refractivity (Wildman–Crippen MR) is 143 cm³/mol. The summed E-state index contributed by atoms with van der Waals surface area (Å²) in [5, 5.41) is 21.2. The lowest BCUT2D eigenvalue weighted by atomic mass is 10.0. The van der Waals surface area contributed by atoms with Gasteiger partial charge in [0.15, 0.2) is 0 Å². The minimum absolute atomic E-state index is 0.0207. The van der Waals surface area contributed by atoms with Crippen LogP contribution in [0.5, 0.6) is 5.75 Å². The third-order valence-electron chi connectivity index (χ3n) is 7.10. The van der Waals surface area contributed by atoms with E-state index in [1.807, 2.05) is 37.3 Å². The van der Waals surface area contributed by atoms with Crippen molar-refractivity contribution in [3.05, 3.63) is 89.4 Å². The third kappa shape index (κ3) is 5.14. The van der Waals surface area contributed by atoms with Crippen molar-refractivity contribution in [2.24, 2.45) is 7.05 Å². The number of amides is 2.